The van der Waals surface area contributed by atoms with Crippen LogP contribution in [0.25, 0.3) is 0 Å². The van der Waals surface area contributed by atoms with E-state index in [1.807, 2.05) is 0 Å². The summed E-state index contributed by atoms with van der Waals surface area (Å²) in [4.78, 5) is 0. The average Bonchev–Trinajstić information content (AvgIpc) is 2.59. The number of alkyl halides is 3. The summed E-state index contributed by atoms with van der Waals surface area (Å²) in [5.41, 5.74) is -0.870. The van der Waals surface area contributed by atoms with E-state index in [1.54, 1.807) is 37.4 Å². The first-order chi connectivity index (χ1) is 12.2. The van der Waals surface area contributed by atoms with E-state index in [0.717, 1.165) is 5.56 Å². The summed E-state index contributed by atoms with van der Waals surface area (Å²) >= 11 is 0. The van der Waals surface area contributed by atoms with E-state index in [0.29, 0.717) is 13.0 Å². The van der Waals surface area contributed by atoms with E-state index < -0.39 is 47.8 Å². The van der Waals surface area contributed by atoms with Gasteiger partial charge < -0.3 is 10.1 Å². The quantitative estimate of drug-likeness (QED) is 0.851. The Labute approximate surface area is 133 Å². The molecule has 22 heavy (non-hydrogen) atoms. The van der Waals surface area contributed by atoms with Crippen LogP contribution in [-0.4, -0.2) is 13.6 Å². The summed E-state index contributed by atoms with van der Waals surface area (Å²) in [5, 5.41) is 2.94. The van der Waals surface area contributed by atoms with Gasteiger partial charge in [-0.05, 0) is 43.3 Å². The molecule has 0 amide bonds. The van der Waals surface area contributed by atoms with Gasteiger partial charge in [0, 0.05) is 6.42 Å². The van der Waals surface area contributed by atoms with Gasteiger partial charge in [-0.25, -0.2) is 0 Å². The third-order valence-electron chi connectivity index (χ3n) is 2.97. The summed E-state index contributed by atoms with van der Waals surface area (Å²) in [5.74, 6) is -0.488. The highest BCUT2D eigenvalue weighted by molar-refractivity contribution is 5.30. The maximum absolute atomic E-state index is 13.0. The smallest absolute Gasteiger partial charge is 0.416 e. The van der Waals surface area contributed by atoms with E-state index in [4.69, 9.17) is 10.2 Å². The zero-order chi connectivity index (χ0) is 19.5. The van der Waals surface area contributed by atoms with Gasteiger partial charge in [0.05, 0.1) is 11.0 Å². The topological polar surface area (TPSA) is 21.3 Å². The number of hydrogen-bond donors (Lipinski definition) is 1. The number of hydrogen-bond acceptors (Lipinski definition) is 2. The van der Waals surface area contributed by atoms with Crippen LogP contribution in [0.5, 0.6) is 5.75 Å². The van der Waals surface area contributed by atoms with E-state index >= 15 is 0 Å². The number of nitrogens with one attached hydrogen (secondary N) is 1. The summed E-state index contributed by atoms with van der Waals surface area (Å²) in [7, 11) is 1.73. The summed E-state index contributed by atoms with van der Waals surface area (Å²) in [6.07, 6.45) is -5.18. The summed E-state index contributed by atoms with van der Waals surface area (Å²) in [6, 6.07) is 4.86. The molecule has 2 rings (SSSR count). The summed E-state index contributed by atoms with van der Waals surface area (Å²) < 4.78 is 75.7. The molecule has 0 fully saturated rings. The van der Waals surface area contributed by atoms with Gasteiger partial charge >= 0.3 is 6.18 Å². The van der Waals surface area contributed by atoms with Gasteiger partial charge in [-0.2, -0.15) is 13.2 Å². The Morgan fingerprint density at radius 3 is 2.32 bits per heavy atom. The fourth-order valence-corrected chi connectivity index (χ4v) is 1.88. The van der Waals surface area contributed by atoms with Gasteiger partial charge in [-0.15, -0.1) is 0 Å². The molecule has 0 aliphatic carbocycles. The first kappa shape index (κ1) is 11.5. The zero-order valence-electron chi connectivity index (χ0n) is 15.9. The van der Waals surface area contributed by atoms with E-state index in [1.165, 1.54) is 0 Å². The van der Waals surface area contributed by atoms with Crippen molar-refractivity contribution in [2.75, 3.05) is 13.6 Å². The first-order valence-electron chi connectivity index (χ1n) is 8.72. The monoisotopic (exact) mass is 313 g/mol. The Balaban J connectivity index is 2.50. The van der Waals surface area contributed by atoms with Crippen molar-refractivity contribution in [2.24, 2.45) is 0 Å². The molecular weight excluding hydrogens is 291 g/mol. The Hall–Kier alpha value is -2.01. The maximum atomic E-state index is 13.0. The van der Waals surface area contributed by atoms with Crippen molar-refractivity contribution in [3.05, 3.63) is 65.6 Å². The van der Waals surface area contributed by atoms with Crippen LogP contribution in [0, 0.1) is 0 Å². The molecule has 2 nitrogen and oxygen atoms in total. The molecule has 1 atom stereocenters. The molecule has 0 saturated carbocycles. The lowest BCUT2D eigenvalue weighted by atomic mass is 10.1. The molecule has 2 aromatic carbocycles. The normalized spacial score (nSPS) is 15.5. The molecule has 0 bridgehead atoms. The molecule has 0 spiro atoms. The fraction of sp³-hybridized carbons (Fsp3) is 0.294. The zero-order valence-corrected chi connectivity index (χ0v) is 11.9. The van der Waals surface area contributed by atoms with Crippen LogP contribution >= 0.6 is 0 Å². The molecule has 1 N–H and O–H groups in total. The minimum Gasteiger partial charge on any atom is -0.486 e. The average molecular weight is 313 g/mol. The molecule has 0 aliphatic heterocycles. The Morgan fingerprint density at radius 2 is 1.77 bits per heavy atom. The lowest BCUT2D eigenvalue weighted by Crippen LogP contribution is -2.16. The molecule has 0 radical (unpaired) electrons. The van der Waals surface area contributed by atoms with E-state index in [9.17, 15) is 13.2 Å². The van der Waals surface area contributed by atoms with Gasteiger partial charge in [-0.1, -0.05) is 30.3 Å². The highest BCUT2D eigenvalue weighted by atomic mass is 19.4. The predicted octanol–water partition coefficient (Wildman–Crippen LogP) is 4.44. The van der Waals surface area contributed by atoms with Crippen LogP contribution in [0.1, 0.15) is 29.1 Å². The standard InChI is InChI=1S/C17H18F3NO/c1-21-12-11-16(13-5-3-2-4-6-13)22-15-9-7-14(8-10-15)17(18,19)20/h2-10,16,21H,11-12H2,1H3/i7D,8D,9D,10D. The van der Waals surface area contributed by atoms with Crippen molar-refractivity contribution < 1.29 is 23.4 Å². The number of ether oxygens (including phenoxy) is 1. The minimum absolute atomic E-state index is 0.432. The molecular formula is C17H18F3NO. The molecule has 0 heterocycles. The second-order valence-electron chi connectivity index (χ2n) is 4.61. The van der Waals surface area contributed by atoms with Gasteiger partial charge in [0.25, 0.3) is 0 Å². The fourth-order valence-electron chi connectivity index (χ4n) is 1.88. The maximum Gasteiger partial charge on any atom is 0.416 e. The van der Waals surface area contributed by atoms with Crippen molar-refractivity contribution in [3.63, 3.8) is 0 Å². The van der Waals surface area contributed by atoms with Gasteiger partial charge in [0.15, 0.2) is 0 Å². The lowest BCUT2D eigenvalue weighted by Gasteiger charge is -2.20. The van der Waals surface area contributed by atoms with Gasteiger partial charge in [0.2, 0.25) is 0 Å². The van der Waals surface area contributed by atoms with E-state index in [-0.39, 0.29) is 0 Å². The Bertz CT molecular complexity index is 740. The van der Waals surface area contributed by atoms with Crippen molar-refractivity contribution in [1.29, 1.82) is 0 Å². The van der Waals surface area contributed by atoms with E-state index in [2.05, 4.69) is 5.32 Å². The number of benzene rings is 2. The van der Waals surface area contributed by atoms with Crippen molar-refractivity contribution in [3.8, 4) is 5.75 Å². The Kier molecular flexibility index (Phi) is 3.84. The predicted molar refractivity (Wildman–Crippen MR) is 79.8 cm³/mol. The van der Waals surface area contributed by atoms with Crippen molar-refractivity contribution in [2.45, 2.75) is 18.7 Å². The van der Waals surface area contributed by atoms with Crippen LogP contribution in [0.15, 0.2) is 54.5 Å². The highest BCUT2D eigenvalue weighted by Crippen LogP contribution is 2.31. The van der Waals surface area contributed by atoms with Crippen LogP contribution in [0.2, 0.25) is 0 Å². The summed E-state index contributed by atoms with van der Waals surface area (Å²) in [6.45, 7) is 0.530. The van der Waals surface area contributed by atoms with Crippen LogP contribution < -0.4 is 10.1 Å². The van der Waals surface area contributed by atoms with Crippen LogP contribution in [-0.2, 0) is 6.18 Å². The van der Waals surface area contributed by atoms with Gasteiger partial charge in [-0.3, -0.25) is 0 Å². The van der Waals surface area contributed by atoms with Crippen molar-refractivity contribution >= 4 is 0 Å². The largest absolute Gasteiger partial charge is 0.486 e. The second kappa shape index (κ2) is 7.31. The molecule has 0 saturated heterocycles. The minimum atomic E-state index is -4.98. The first-order valence-corrected chi connectivity index (χ1v) is 6.72. The molecule has 118 valence electrons. The second-order valence-corrected chi connectivity index (χ2v) is 4.61. The van der Waals surface area contributed by atoms with Crippen molar-refractivity contribution in [1.82, 2.24) is 5.32 Å². The number of halogens is 3. The Morgan fingerprint density at radius 1 is 1.14 bits per heavy atom. The lowest BCUT2D eigenvalue weighted by molar-refractivity contribution is -0.137. The van der Waals surface area contributed by atoms with Gasteiger partial charge in [0.1, 0.15) is 11.9 Å². The molecule has 0 aromatic heterocycles. The third-order valence-corrected chi connectivity index (χ3v) is 2.97. The van der Waals surface area contributed by atoms with Crippen LogP contribution in [0.4, 0.5) is 13.2 Å². The molecule has 1 unspecified atom stereocenters. The molecule has 0 aliphatic rings. The SMILES string of the molecule is [2H]c1c([2H])c(C(F)(F)F)c([2H])c([2H])c1OC(CCNC)c1ccccc1. The molecule has 5 heteroatoms. The third kappa shape index (κ3) is 4.49. The highest BCUT2D eigenvalue weighted by Gasteiger charge is 2.30. The van der Waals surface area contributed by atoms with Crippen LogP contribution in [0.3, 0.4) is 0 Å². The number of rotatable bonds is 6. The molecule has 2 aromatic rings.